The molecule has 0 saturated heterocycles. The molecule has 0 aliphatic carbocycles. The minimum absolute atomic E-state index is 0.135. The van der Waals surface area contributed by atoms with Gasteiger partial charge in [-0.25, -0.2) is 0 Å². The highest BCUT2D eigenvalue weighted by atomic mass is 32.2. The first-order valence-electron chi connectivity index (χ1n) is 9.05. The number of aliphatic hydroxyl groups is 1. The van der Waals surface area contributed by atoms with Crippen molar-refractivity contribution in [2.45, 2.75) is 12.8 Å². The summed E-state index contributed by atoms with van der Waals surface area (Å²) in [7, 11) is -1.90. The molecule has 0 atom stereocenters. The molecule has 0 fully saturated rings. The molecule has 1 aromatic rings. The fraction of sp³-hybridized carbons (Fsp3) is 0.400. The number of allylic oxidation sites excluding steroid dienone is 3. The van der Waals surface area contributed by atoms with Gasteiger partial charge >= 0.3 is 0 Å². The van der Waals surface area contributed by atoms with Crippen LogP contribution in [-0.4, -0.2) is 62.0 Å². The summed E-state index contributed by atoms with van der Waals surface area (Å²) in [4.78, 5) is 4.12. The third kappa shape index (κ3) is 7.99. The van der Waals surface area contributed by atoms with Gasteiger partial charge in [-0.1, -0.05) is 30.4 Å². The van der Waals surface area contributed by atoms with E-state index in [2.05, 4.69) is 23.1 Å². The predicted octanol–water partition coefficient (Wildman–Crippen LogP) is 2.55. The Kier molecular flexibility index (Phi) is 8.09. The monoisotopic (exact) mass is 392 g/mol. The van der Waals surface area contributed by atoms with E-state index in [-0.39, 0.29) is 12.4 Å². The van der Waals surface area contributed by atoms with Crippen LogP contribution in [0, 0.1) is 0 Å². The smallest absolute Gasteiger partial charge is 0.264 e. The van der Waals surface area contributed by atoms with E-state index in [0.29, 0.717) is 13.0 Å². The minimum atomic E-state index is -3.85. The number of benzene rings is 1. The molecule has 148 valence electrons. The number of hydrogen-bond donors (Lipinski definition) is 2. The van der Waals surface area contributed by atoms with Crippen LogP contribution in [0.4, 0.5) is 5.69 Å². The summed E-state index contributed by atoms with van der Waals surface area (Å²) >= 11 is 0. The average Bonchev–Trinajstić information content (AvgIpc) is 2.64. The Balaban J connectivity index is 1.78. The van der Waals surface area contributed by atoms with Gasteiger partial charge in [0.05, 0.1) is 12.4 Å². The summed E-state index contributed by atoms with van der Waals surface area (Å²) in [6.45, 7) is 2.30. The average molecular weight is 393 g/mol. The molecule has 2 rings (SSSR count). The molecular weight excluding hydrogens is 364 g/mol. The Labute approximate surface area is 161 Å². The van der Waals surface area contributed by atoms with Crippen LogP contribution in [0.1, 0.15) is 18.4 Å². The largest absolute Gasteiger partial charge is 0.395 e. The quantitative estimate of drug-likeness (QED) is 0.470. The maximum atomic E-state index is 10.7. The molecule has 0 amide bonds. The maximum Gasteiger partial charge on any atom is 0.264 e. The third-order valence-corrected chi connectivity index (χ3v) is 5.18. The Morgan fingerprint density at radius 2 is 1.93 bits per heavy atom. The maximum absolute atomic E-state index is 10.7. The topological polar surface area (TPSA) is 81.1 Å². The summed E-state index contributed by atoms with van der Waals surface area (Å²) in [5.74, 6) is -0.178. The molecule has 2 N–H and O–H groups in total. The fourth-order valence-corrected chi connectivity index (χ4v) is 3.31. The molecule has 7 heteroatoms. The fourth-order valence-electron chi connectivity index (χ4n) is 2.74. The molecular formula is C20H28N2O4S. The summed E-state index contributed by atoms with van der Waals surface area (Å²) in [5, 5.41) is 8.99. The van der Waals surface area contributed by atoms with Crippen molar-refractivity contribution in [1.82, 2.24) is 4.90 Å². The lowest BCUT2D eigenvalue weighted by Gasteiger charge is -2.21. The Bertz CT molecular complexity index is 783. The highest BCUT2D eigenvalue weighted by Crippen LogP contribution is 2.16. The Morgan fingerprint density at radius 1 is 1.19 bits per heavy atom. The van der Waals surface area contributed by atoms with E-state index < -0.39 is 10.1 Å². The number of anilines is 1. The van der Waals surface area contributed by atoms with E-state index in [1.165, 1.54) is 0 Å². The van der Waals surface area contributed by atoms with Crippen LogP contribution < -0.4 is 4.90 Å². The van der Waals surface area contributed by atoms with Crippen molar-refractivity contribution in [3.05, 3.63) is 59.8 Å². The van der Waals surface area contributed by atoms with Gasteiger partial charge in [-0.2, -0.15) is 8.42 Å². The van der Waals surface area contributed by atoms with E-state index in [1.54, 1.807) is 0 Å². The third-order valence-electron chi connectivity index (χ3n) is 4.37. The summed E-state index contributed by atoms with van der Waals surface area (Å²) in [6, 6.07) is 8.17. The molecule has 1 heterocycles. The van der Waals surface area contributed by atoms with Crippen LogP contribution in [0.25, 0.3) is 6.08 Å². The van der Waals surface area contributed by atoms with Gasteiger partial charge in [0, 0.05) is 32.4 Å². The van der Waals surface area contributed by atoms with Gasteiger partial charge in [-0.3, -0.25) is 4.55 Å². The highest BCUT2D eigenvalue weighted by molar-refractivity contribution is 7.85. The number of aliphatic hydroxyl groups excluding tert-OH is 1. The van der Waals surface area contributed by atoms with Crippen LogP contribution >= 0.6 is 0 Å². The van der Waals surface area contributed by atoms with Crippen molar-refractivity contribution in [1.29, 1.82) is 0 Å². The molecule has 6 nitrogen and oxygen atoms in total. The summed E-state index contributed by atoms with van der Waals surface area (Å²) < 4.78 is 30.1. The van der Waals surface area contributed by atoms with Crippen molar-refractivity contribution < 1.29 is 18.1 Å². The zero-order valence-electron chi connectivity index (χ0n) is 15.7. The first-order chi connectivity index (χ1) is 12.9. The Morgan fingerprint density at radius 3 is 2.52 bits per heavy atom. The lowest BCUT2D eigenvalue weighted by Crippen LogP contribution is -2.21. The van der Waals surface area contributed by atoms with Gasteiger partial charge in [-0.15, -0.1) is 0 Å². The molecule has 27 heavy (non-hydrogen) atoms. The highest BCUT2D eigenvalue weighted by Gasteiger charge is 2.06. The SMILES string of the molecule is CN(CCO)c1ccc(/C=C/C2=CCN(CCCCS(=O)(=O)O)C=C2)cc1. The first kappa shape index (κ1) is 21.2. The second-order valence-corrected chi connectivity index (χ2v) is 8.15. The van der Waals surface area contributed by atoms with Gasteiger partial charge in [-0.05, 0) is 48.4 Å². The second-order valence-electron chi connectivity index (χ2n) is 6.58. The molecule has 1 aliphatic heterocycles. The number of unbranched alkanes of at least 4 members (excludes halogenated alkanes) is 1. The van der Waals surface area contributed by atoms with E-state index in [0.717, 1.165) is 36.3 Å². The zero-order valence-corrected chi connectivity index (χ0v) is 16.5. The van der Waals surface area contributed by atoms with Crippen molar-refractivity contribution in [3.8, 4) is 0 Å². The van der Waals surface area contributed by atoms with Crippen molar-refractivity contribution >= 4 is 21.9 Å². The number of nitrogens with zero attached hydrogens (tertiary/aromatic N) is 2. The predicted molar refractivity (Wildman–Crippen MR) is 110 cm³/mol. The number of rotatable bonds is 10. The number of hydrogen-bond acceptors (Lipinski definition) is 5. The van der Waals surface area contributed by atoms with Crippen molar-refractivity contribution in [2.75, 3.05) is 43.9 Å². The standard InChI is InChI=1S/C20H28N2O4S/c1-21(15-16-23)20-8-6-18(7-9-20)4-5-19-10-13-22(14-11-19)12-2-3-17-27(24,25)26/h4-11,13,23H,2-3,12,14-17H2,1H3,(H,24,25,26)/b5-4+. The molecule has 0 spiro atoms. The lowest BCUT2D eigenvalue weighted by molar-refractivity contribution is 0.304. The molecule has 0 radical (unpaired) electrons. The van der Waals surface area contributed by atoms with Gasteiger partial charge in [0.1, 0.15) is 0 Å². The molecule has 0 bridgehead atoms. The molecule has 0 aromatic heterocycles. The van der Waals surface area contributed by atoms with E-state index in [1.807, 2.05) is 48.5 Å². The van der Waals surface area contributed by atoms with Crippen LogP contribution in [0.5, 0.6) is 0 Å². The molecule has 1 aliphatic rings. The Hall–Kier alpha value is -2.09. The summed E-state index contributed by atoms with van der Waals surface area (Å²) in [6.07, 6.45) is 11.5. The lowest BCUT2D eigenvalue weighted by atomic mass is 10.1. The zero-order chi connectivity index (χ0) is 19.7. The van der Waals surface area contributed by atoms with E-state index in [4.69, 9.17) is 9.66 Å². The van der Waals surface area contributed by atoms with Crippen LogP contribution in [0.3, 0.4) is 0 Å². The van der Waals surface area contributed by atoms with Crippen molar-refractivity contribution in [2.24, 2.45) is 0 Å². The van der Waals surface area contributed by atoms with Crippen molar-refractivity contribution in [3.63, 3.8) is 0 Å². The van der Waals surface area contributed by atoms with Crippen LogP contribution in [0.2, 0.25) is 0 Å². The molecule has 0 unspecified atom stereocenters. The normalized spacial score (nSPS) is 14.6. The second kappa shape index (κ2) is 10.3. The van der Waals surface area contributed by atoms with E-state index >= 15 is 0 Å². The van der Waals surface area contributed by atoms with Crippen LogP contribution in [0.15, 0.2) is 54.3 Å². The van der Waals surface area contributed by atoms with Gasteiger partial charge < -0.3 is 14.9 Å². The first-order valence-corrected chi connectivity index (χ1v) is 10.7. The number of likely N-dealkylation sites (N-methyl/N-ethyl adjacent to an activating group) is 1. The van der Waals surface area contributed by atoms with Gasteiger partial charge in [0.25, 0.3) is 10.1 Å². The van der Waals surface area contributed by atoms with Gasteiger partial charge in [0.15, 0.2) is 0 Å². The van der Waals surface area contributed by atoms with Gasteiger partial charge in [0.2, 0.25) is 0 Å². The molecule has 0 saturated carbocycles. The molecule has 1 aromatic carbocycles. The van der Waals surface area contributed by atoms with Crippen LogP contribution in [-0.2, 0) is 10.1 Å². The van der Waals surface area contributed by atoms with E-state index in [9.17, 15) is 8.42 Å². The summed E-state index contributed by atoms with van der Waals surface area (Å²) in [5.41, 5.74) is 3.31. The minimum Gasteiger partial charge on any atom is -0.395 e.